The summed E-state index contributed by atoms with van der Waals surface area (Å²) in [5.74, 6) is 0. The number of halogens is 1. The second-order valence-electron chi connectivity index (χ2n) is 13.8. The molecule has 6 heteroatoms. The van der Waals surface area contributed by atoms with Gasteiger partial charge in [-0.3, -0.25) is 0 Å². The number of hydrogen-bond donors (Lipinski definition) is 0. The van der Waals surface area contributed by atoms with E-state index in [0.29, 0.717) is 0 Å². The van der Waals surface area contributed by atoms with Gasteiger partial charge in [-0.1, -0.05) is 190 Å². The molecule has 11 rings (SSSR count). The highest BCUT2D eigenvalue weighted by Gasteiger charge is 2.23. The second kappa shape index (κ2) is 12.7. The maximum Gasteiger partial charge on any atom is 0.241 e. The second-order valence-corrected chi connectivity index (χ2v) is 16.7. The maximum absolute atomic E-state index is 5.26. The first-order chi connectivity index (χ1) is 26.7. The molecule has 0 unspecified atom stereocenters. The van der Waals surface area contributed by atoms with Crippen molar-refractivity contribution in [3.8, 4) is 21.1 Å². The third-order valence-corrected chi connectivity index (χ3v) is 13.5. The Kier molecular flexibility index (Phi) is 7.51. The summed E-state index contributed by atoms with van der Waals surface area (Å²) in [7, 11) is 0. The Hall–Kier alpha value is -5.66. The first-order valence-electron chi connectivity index (χ1n) is 18.0. The third-order valence-electron chi connectivity index (χ3n) is 10.7. The van der Waals surface area contributed by atoms with E-state index < -0.39 is 0 Å². The van der Waals surface area contributed by atoms with E-state index in [2.05, 4.69) is 186 Å². The van der Waals surface area contributed by atoms with Crippen LogP contribution in [0.3, 0.4) is 0 Å². The zero-order valence-corrected chi connectivity index (χ0v) is 32.1. The molecule has 252 valence electrons. The van der Waals surface area contributed by atoms with Crippen molar-refractivity contribution in [2.45, 2.75) is 0 Å². The van der Waals surface area contributed by atoms with Gasteiger partial charge >= 0.3 is 0 Å². The SMILES string of the molecule is Brc1ccc(B(c2ccc(-c3nc4c5ccccc5c5ccccc5c4s3)cc2)c2ccc(-c3nc4c5ccccc5c5ccccc5c4s3)cc2)cc1. The van der Waals surface area contributed by atoms with Gasteiger partial charge in [-0.25, -0.2) is 9.97 Å². The summed E-state index contributed by atoms with van der Waals surface area (Å²) < 4.78 is 3.55. The molecule has 0 bridgehead atoms. The number of fused-ring (bicyclic) bond motifs is 12. The van der Waals surface area contributed by atoms with Crippen molar-refractivity contribution in [1.82, 2.24) is 9.97 Å². The van der Waals surface area contributed by atoms with Crippen LogP contribution in [-0.4, -0.2) is 16.7 Å². The summed E-state index contributed by atoms with van der Waals surface area (Å²) in [5.41, 5.74) is 8.15. The van der Waals surface area contributed by atoms with Crippen molar-refractivity contribution in [2.75, 3.05) is 0 Å². The summed E-state index contributed by atoms with van der Waals surface area (Å²) in [6.07, 6.45) is 0. The fraction of sp³-hybridized carbons (Fsp3) is 0. The van der Waals surface area contributed by atoms with Crippen molar-refractivity contribution in [3.63, 3.8) is 0 Å². The van der Waals surface area contributed by atoms with Gasteiger partial charge in [0.05, 0.1) is 20.4 Å². The van der Waals surface area contributed by atoms with Gasteiger partial charge in [0.1, 0.15) is 10.0 Å². The van der Waals surface area contributed by atoms with Crippen LogP contribution in [0.2, 0.25) is 0 Å². The molecule has 0 spiro atoms. The zero-order valence-electron chi connectivity index (χ0n) is 28.8. The van der Waals surface area contributed by atoms with Gasteiger partial charge in [0.15, 0.2) is 0 Å². The highest BCUT2D eigenvalue weighted by molar-refractivity contribution is 9.10. The first kappa shape index (κ1) is 31.8. The maximum atomic E-state index is 5.26. The first-order valence-corrected chi connectivity index (χ1v) is 20.5. The molecule has 0 aliphatic carbocycles. The predicted octanol–water partition coefficient (Wildman–Crippen LogP) is 12.1. The number of thiazole rings is 2. The van der Waals surface area contributed by atoms with Crippen molar-refractivity contribution in [2.24, 2.45) is 0 Å². The molecule has 54 heavy (non-hydrogen) atoms. The van der Waals surface area contributed by atoms with E-state index in [1.807, 2.05) is 0 Å². The molecule has 0 N–H and O–H groups in total. The predicted molar refractivity (Wildman–Crippen MR) is 239 cm³/mol. The van der Waals surface area contributed by atoms with Gasteiger partial charge in [0.25, 0.3) is 0 Å². The highest BCUT2D eigenvalue weighted by Crippen LogP contribution is 2.42. The molecule has 0 saturated carbocycles. The Labute approximate surface area is 328 Å². The fourth-order valence-corrected chi connectivity index (χ4v) is 10.7. The van der Waals surface area contributed by atoms with Crippen LogP contribution in [0.1, 0.15) is 0 Å². The van der Waals surface area contributed by atoms with Crippen LogP contribution in [0.15, 0.2) is 174 Å². The van der Waals surface area contributed by atoms with E-state index >= 15 is 0 Å². The Morgan fingerprint density at radius 1 is 0.352 bits per heavy atom. The molecule has 0 aliphatic rings. The largest absolute Gasteiger partial charge is 0.241 e. The van der Waals surface area contributed by atoms with Gasteiger partial charge in [-0.2, -0.15) is 0 Å². The quantitative estimate of drug-likeness (QED) is 0.128. The van der Waals surface area contributed by atoms with Crippen LogP contribution in [0.5, 0.6) is 0 Å². The summed E-state index contributed by atoms with van der Waals surface area (Å²) in [6.45, 7) is 0.0627. The summed E-state index contributed by atoms with van der Waals surface area (Å²) in [5, 5.41) is 12.1. The third kappa shape index (κ3) is 5.13. The number of aromatic nitrogens is 2. The van der Waals surface area contributed by atoms with E-state index in [4.69, 9.17) is 9.97 Å². The number of hydrogen-bond acceptors (Lipinski definition) is 4. The van der Waals surface area contributed by atoms with Crippen molar-refractivity contribution in [1.29, 1.82) is 0 Å². The van der Waals surface area contributed by atoms with Crippen LogP contribution >= 0.6 is 38.6 Å². The lowest BCUT2D eigenvalue weighted by atomic mass is 9.37. The van der Waals surface area contributed by atoms with Crippen molar-refractivity contribution >= 4 is 125 Å². The van der Waals surface area contributed by atoms with Crippen LogP contribution in [0.25, 0.3) is 84.7 Å². The molecule has 9 aromatic carbocycles. The molecule has 0 fully saturated rings. The lowest BCUT2D eigenvalue weighted by Crippen LogP contribution is -2.51. The molecule has 0 radical (unpaired) electrons. The monoisotopic (exact) mass is 786 g/mol. The van der Waals surface area contributed by atoms with Gasteiger partial charge in [-0.15, -0.1) is 22.7 Å². The number of benzene rings is 9. The molecular weight excluding hydrogens is 759 g/mol. The minimum absolute atomic E-state index is 0.0627. The normalized spacial score (nSPS) is 11.8. The molecular formula is C48H28BBrN2S2. The average Bonchev–Trinajstić information content (AvgIpc) is 3.90. The lowest BCUT2D eigenvalue weighted by molar-refractivity contribution is 1.49. The van der Waals surface area contributed by atoms with Crippen LogP contribution in [-0.2, 0) is 0 Å². The summed E-state index contributed by atoms with van der Waals surface area (Å²) in [4.78, 5) is 10.5. The van der Waals surface area contributed by atoms with Crippen LogP contribution in [0.4, 0.5) is 0 Å². The Morgan fingerprint density at radius 2 is 0.667 bits per heavy atom. The van der Waals surface area contributed by atoms with Gasteiger partial charge in [-0.05, 0) is 33.7 Å². The Bertz CT molecular complexity index is 2880. The van der Waals surface area contributed by atoms with Gasteiger partial charge < -0.3 is 0 Å². The minimum atomic E-state index is 0.0627. The van der Waals surface area contributed by atoms with Crippen LogP contribution in [0, 0.1) is 0 Å². The molecule has 0 saturated heterocycles. The summed E-state index contributed by atoms with van der Waals surface area (Å²) >= 11 is 7.22. The van der Waals surface area contributed by atoms with E-state index in [1.54, 1.807) is 22.7 Å². The molecule has 0 aliphatic heterocycles. The molecule has 0 atom stereocenters. The van der Waals surface area contributed by atoms with Crippen molar-refractivity contribution in [3.05, 3.63) is 174 Å². The smallest absolute Gasteiger partial charge is 0.235 e. The Balaban J connectivity index is 0.986. The zero-order chi connectivity index (χ0) is 35.8. The highest BCUT2D eigenvalue weighted by atomic mass is 79.9. The van der Waals surface area contributed by atoms with E-state index in [-0.39, 0.29) is 6.71 Å². The topological polar surface area (TPSA) is 25.8 Å². The molecule has 0 amide bonds. The minimum Gasteiger partial charge on any atom is -0.235 e. The molecule has 2 nitrogen and oxygen atoms in total. The molecule has 2 aromatic heterocycles. The fourth-order valence-electron chi connectivity index (χ4n) is 8.17. The molecule has 11 aromatic rings. The van der Waals surface area contributed by atoms with Gasteiger partial charge in [0.2, 0.25) is 6.71 Å². The average molecular weight is 788 g/mol. The summed E-state index contributed by atoms with van der Waals surface area (Å²) in [6, 6.07) is 61.5. The van der Waals surface area contributed by atoms with Crippen molar-refractivity contribution < 1.29 is 0 Å². The number of rotatable bonds is 5. The van der Waals surface area contributed by atoms with E-state index in [0.717, 1.165) is 36.6 Å². The Morgan fingerprint density at radius 3 is 1.06 bits per heavy atom. The van der Waals surface area contributed by atoms with E-state index in [9.17, 15) is 0 Å². The number of nitrogens with zero attached hydrogens (tertiary/aromatic N) is 2. The van der Waals surface area contributed by atoms with Gasteiger partial charge in [0, 0.05) is 37.1 Å². The van der Waals surface area contributed by atoms with E-state index in [1.165, 1.54) is 68.9 Å². The molecule has 2 heterocycles. The van der Waals surface area contributed by atoms with Crippen LogP contribution < -0.4 is 16.4 Å². The standard InChI is InChI=1S/C48H28BBrN2S2/c50-34-27-25-33(26-28-34)49(31-21-17-29(18-22-31)47-51-43-39-13-5-1-9-35(39)37-11-3-7-15-41(37)45(43)53-47)32-23-19-30(20-24-32)48-52-44-40-14-6-2-10-36(40)38-12-4-8-16-42(38)46(44)54-48/h1-28H. The lowest BCUT2D eigenvalue weighted by Gasteiger charge is -2.16.